The molecule has 1 fully saturated rings. The number of carbonyl (C=O) groups excluding carboxylic acids is 1. The summed E-state index contributed by atoms with van der Waals surface area (Å²) in [7, 11) is 1.78. The van der Waals surface area contributed by atoms with Crippen molar-refractivity contribution < 1.29 is 14.1 Å². The zero-order valence-corrected chi connectivity index (χ0v) is 12.6. The van der Waals surface area contributed by atoms with Gasteiger partial charge in [-0.3, -0.25) is 9.78 Å². The second kappa shape index (κ2) is 6.70. The van der Waals surface area contributed by atoms with Gasteiger partial charge in [-0.05, 0) is 24.5 Å². The summed E-state index contributed by atoms with van der Waals surface area (Å²) >= 11 is 0. The topological polar surface area (TPSA) is 68.5 Å². The first-order valence-electron chi connectivity index (χ1n) is 7.40. The first kappa shape index (κ1) is 14.7. The summed E-state index contributed by atoms with van der Waals surface area (Å²) in [6.07, 6.45) is 4.92. The average molecular weight is 301 g/mol. The molecule has 0 spiro atoms. The molecular weight excluding hydrogens is 282 g/mol. The maximum absolute atomic E-state index is 12.2. The molecule has 3 rings (SSSR count). The van der Waals surface area contributed by atoms with Crippen molar-refractivity contribution in [1.29, 1.82) is 0 Å². The standard InChI is InChI=1S/C16H19N3O3/c1-19(16(20)8-12-4-7-21-11-12)10-14-9-15(18-22-14)13-2-5-17-6-3-13/h2-3,5-6,9,12H,4,7-8,10-11H2,1H3. The molecule has 0 aromatic carbocycles. The Morgan fingerprint density at radius 2 is 2.23 bits per heavy atom. The van der Waals surface area contributed by atoms with E-state index in [1.165, 1.54) is 0 Å². The van der Waals surface area contributed by atoms with Crippen LogP contribution in [0.2, 0.25) is 0 Å². The van der Waals surface area contributed by atoms with Gasteiger partial charge in [-0.2, -0.15) is 0 Å². The van der Waals surface area contributed by atoms with Crippen LogP contribution in [0.15, 0.2) is 35.1 Å². The van der Waals surface area contributed by atoms with Gasteiger partial charge in [0, 0.05) is 50.7 Å². The smallest absolute Gasteiger partial charge is 0.223 e. The van der Waals surface area contributed by atoms with E-state index in [9.17, 15) is 4.79 Å². The van der Waals surface area contributed by atoms with Gasteiger partial charge >= 0.3 is 0 Å². The fraction of sp³-hybridized carbons (Fsp3) is 0.438. The Morgan fingerprint density at radius 1 is 1.41 bits per heavy atom. The van der Waals surface area contributed by atoms with Crippen molar-refractivity contribution in [2.75, 3.05) is 20.3 Å². The largest absolute Gasteiger partial charge is 0.381 e. The van der Waals surface area contributed by atoms with E-state index >= 15 is 0 Å². The lowest BCUT2D eigenvalue weighted by Crippen LogP contribution is -2.28. The molecule has 116 valence electrons. The summed E-state index contributed by atoms with van der Waals surface area (Å²) in [5.74, 6) is 1.12. The number of nitrogens with zero attached hydrogens (tertiary/aromatic N) is 3. The van der Waals surface area contributed by atoms with Crippen LogP contribution >= 0.6 is 0 Å². The van der Waals surface area contributed by atoms with E-state index < -0.39 is 0 Å². The fourth-order valence-electron chi connectivity index (χ4n) is 2.52. The van der Waals surface area contributed by atoms with Crippen LogP contribution in [0.1, 0.15) is 18.6 Å². The predicted molar refractivity (Wildman–Crippen MR) is 79.8 cm³/mol. The molecule has 6 nitrogen and oxygen atoms in total. The SMILES string of the molecule is CN(Cc1cc(-c2ccncc2)no1)C(=O)CC1CCOC1. The minimum absolute atomic E-state index is 0.109. The Morgan fingerprint density at radius 3 is 2.95 bits per heavy atom. The molecule has 3 heterocycles. The van der Waals surface area contributed by atoms with Crippen molar-refractivity contribution in [2.24, 2.45) is 5.92 Å². The van der Waals surface area contributed by atoms with Gasteiger partial charge in [0.05, 0.1) is 6.54 Å². The highest BCUT2D eigenvalue weighted by molar-refractivity contribution is 5.76. The first-order chi connectivity index (χ1) is 10.7. The highest BCUT2D eigenvalue weighted by Crippen LogP contribution is 2.20. The molecule has 6 heteroatoms. The van der Waals surface area contributed by atoms with Gasteiger partial charge in [0.2, 0.25) is 5.91 Å². The van der Waals surface area contributed by atoms with Crippen LogP contribution in [0.25, 0.3) is 11.3 Å². The zero-order valence-electron chi connectivity index (χ0n) is 12.6. The minimum atomic E-state index is 0.109. The van der Waals surface area contributed by atoms with Crippen molar-refractivity contribution >= 4 is 5.91 Å². The van der Waals surface area contributed by atoms with Gasteiger partial charge in [-0.25, -0.2) is 0 Å². The Balaban J connectivity index is 1.58. The molecule has 1 saturated heterocycles. The molecule has 1 atom stereocenters. The van der Waals surface area contributed by atoms with Crippen LogP contribution in [0.3, 0.4) is 0 Å². The lowest BCUT2D eigenvalue weighted by molar-refractivity contribution is -0.131. The van der Waals surface area contributed by atoms with E-state index in [1.54, 1.807) is 24.3 Å². The number of aromatic nitrogens is 2. The molecule has 0 aliphatic carbocycles. The van der Waals surface area contributed by atoms with Crippen LogP contribution in [0, 0.1) is 5.92 Å². The molecule has 1 aliphatic heterocycles. The van der Waals surface area contributed by atoms with Crippen molar-refractivity contribution in [3.63, 3.8) is 0 Å². The molecule has 0 bridgehead atoms. The fourth-order valence-corrected chi connectivity index (χ4v) is 2.52. The van der Waals surface area contributed by atoms with Gasteiger partial charge in [0.25, 0.3) is 0 Å². The number of hydrogen-bond donors (Lipinski definition) is 0. The molecular formula is C16H19N3O3. The summed E-state index contributed by atoms with van der Waals surface area (Å²) < 4.78 is 10.6. The minimum Gasteiger partial charge on any atom is -0.381 e. The average Bonchev–Trinajstić information content (AvgIpc) is 3.20. The van der Waals surface area contributed by atoms with E-state index in [1.807, 2.05) is 18.2 Å². The maximum Gasteiger partial charge on any atom is 0.223 e. The van der Waals surface area contributed by atoms with Crippen LogP contribution in [-0.4, -0.2) is 41.2 Å². The first-order valence-corrected chi connectivity index (χ1v) is 7.40. The van der Waals surface area contributed by atoms with E-state index in [0.29, 0.717) is 31.3 Å². The molecule has 2 aromatic heterocycles. The summed E-state index contributed by atoms with van der Waals surface area (Å²) in [6.45, 7) is 1.87. The third-order valence-corrected chi connectivity index (χ3v) is 3.84. The maximum atomic E-state index is 12.2. The number of carbonyl (C=O) groups is 1. The number of ether oxygens (including phenoxy) is 1. The highest BCUT2D eigenvalue weighted by atomic mass is 16.5. The number of hydrogen-bond acceptors (Lipinski definition) is 5. The number of pyridine rings is 1. The zero-order chi connectivity index (χ0) is 15.4. The van der Waals surface area contributed by atoms with Crippen LogP contribution in [0.5, 0.6) is 0 Å². The quantitative estimate of drug-likeness (QED) is 0.846. The van der Waals surface area contributed by atoms with E-state index in [-0.39, 0.29) is 5.91 Å². The Bertz CT molecular complexity index is 621. The van der Waals surface area contributed by atoms with Crippen molar-refractivity contribution in [2.45, 2.75) is 19.4 Å². The van der Waals surface area contributed by atoms with Crippen LogP contribution in [-0.2, 0) is 16.1 Å². The summed E-state index contributed by atoms with van der Waals surface area (Å²) in [4.78, 5) is 17.8. The van der Waals surface area contributed by atoms with E-state index in [4.69, 9.17) is 9.26 Å². The molecule has 22 heavy (non-hydrogen) atoms. The molecule has 0 N–H and O–H groups in total. The van der Waals surface area contributed by atoms with Gasteiger partial charge in [-0.15, -0.1) is 0 Å². The normalized spacial score (nSPS) is 17.6. The second-order valence-electron chi connectivity index (χ2n) is 5.60. The Labute approximate surface area is 129 Å². The number of amides is 1. The van der Waals surface area contributed by atoms with Crippen LogP contribution < -0.4 is 0 Å². The highest BCUT2D eigenvalue weighted by Gasteiger charge is 2.21. The van der Waals surface area contributed by atoms with Gasteiger partial charge in [0.1, 0.15) is 5.69 Å². The predicted octanol–water partition coefficient (Wildman–Crippen LogP) is 2.12. The van der Waals surface area contributed by atoms with Crippen molar-refractivity contribution in [3.8, 4) is 11.3 Å². The third-order valence-electron chi connectivity index (χ3n) is 3.84. The molecule has 1 unspecified atom stereocenters. The monoisotopic (exact) mass is 301 g/mol. The van der Waals surface area contributed by atoms with E-state index in [0.717, 1.165) is 24.3 Å². The molecule has 1 amide bonds. The van der Waals surface area contributed by atoms with Gasteiger partial charge in [-0.1, -0.05) is 5.16 Å². The Hall–Kier alpha value is -2.21. The molecule has 0 saturated carbocycles. The summed E-state index contributed by atoms with van der Waals surface area (Å²) in [5.41, 5.74) is 1.70. The van der Waals surface area contributed by atoms with Gasteiger partial charge < -0.3 is 14.2 Å². The summed E-state index contributed by atoms with van der Waals surface area (Å²) in [6, 6.07) is 5.60. The molecule has 0 radical (unpaired) electrons. The Kier molecular flexibility index (Phi) is 4.48. The molecule has 1 aliphatic rings. The summed E-state index contributed by atoms with van der Waals surface area (Å²) in [5, 5.41) is 4.04. The van der Waals surface area contributed by atoms with Crippen molar-refractivity contribution in [3.05, 3.63) is 36.4 Å². The van der Waals surface area contributed by atoms with Gasteiger partial charge in [0.15, 0.2) is 5.76 Å². The van der Waals surface area contributed by atoms with Crippen LogP contribution in [0.4, 0.5) is 0 Å². The number of rotatable bonds is 5. The second-order valence-corrected chi connectivity index (χ2v) is 5.60. The van der Waals surface area contributed by atoms with Crippen molar-refractivity contribution in [1.82, 2.24) is 15.0 Å². The lowest BCUT2D eigenvalue weighted by Gasteiger charge is -2.17. The third kappa shape index (κ3) is 3.51. The van der Waals surface area contributed by atoms with E-state index in [2.05, 4.69) is 10.1 Å². The molecule has 2 aromatic rings. The lowest BCUT2D eigenvalue weighted by atomic mass is 10.0.